The second kappa shape index (κ2) is 9.82. The maximum absolute atomic E-state index is 15.6. The lowest BCUT2D eigenvalue weighted by Crippen LogP contribution is -2.30. The van der Waals surface area contributed by atoms with Gasteiger partial charge in [0.15, 0.2) is 0 Å². The number of hydrogen-bond acceptors (Lipinski definition) is 8. The van der Waals surface area contributed by atoms with E-state index in [0.29, 0.717) is 39.1 Å². The van der Waals surface area contributed by atoms with Gasteiger partial charge >= 0.3 is 10.2 Å². The highest BCUT2D eigenvalue weighted by Gasteiger charge is 2.37. The molecule has 2 aromatic carbocycles. The number of nitrogens with zero attached hydrogens (tertiary/aromatic N) is 4. The first-order chi connectivity index (χ1) is 18.2. The van der Waals surface area contributed by atoms with Crippen LogP contribution in [0.4, 0.5) is 15.9 Å². The molecule has 11 nitrogen and oxygen atoms in total. The van der Waals surface area contributed by atoms with E-state index >= 15 is 4.39 Å². The first kappa shape index (κ1) is 25.3. The van der Waals surface area contributed by atoms with E-state index in [-0.39, 0.29) is 17.7 Å². The highest BCUT2D eigenvalue weighted by molar-refractivity contribution is 7.92. The molecule has 198 valence electrons. The topological polar surface area (TPSA) is 128 Å². The van der Waals surface area contributed by atoms with E-state index in [0.717, 1.165) is 11.3 Å². The Labute approximate surface area is 218 Å². The van der Waals surface area contributed by atoms with Crippen LogP contribution in [-0.2, 0) is 28.1 Å². The lowest BCUT2D eigenvalue weighted by Gasteiger charge is -2.17. The number of aryl methyl sites for hydroxylation is 1. The molecule has 13 heteroatoms. The second-order valence-corrected chi connectivity index (χ2v) is 10.3. The molecule has 1 amide bonds. The molecule has 5 rings (SSSR count). The Kier molecular flexibility index (Phi) is 6.53. The highest BCUT2D eigenvalue weighted by Crippen LogP contribution is 2.35. The monoisotopic (exact) mass is 540 g/mol. The number of methoxy groups -OCH3 is 2. The lowest BCUT2D eigenvalue weighted by molar-refractivity contribution is -0.117. The molecule has 4 aromatic rings. The van der Waals surface area contributed by atoms with Crippen molar-refractivity contribution < 1.29 is 27.1 Å². The fraction of sp³-hybridized carbons (Fsp3) is 0.240. The van der Waals surface area contributed by atoms with Gasteiger partial charge in [-0.15, -0.1) is 0 Å². The molecule has 0 radical (unpaired) electrons. The van der Waals surface area contributed by atoms with Crippen LogP contribution in [0.15, 0.2) is 48.7 Å². The molecule has 2 N–H and O–H groups in total. The molecule has 0 unspecified atom stereocenters. The molecule has 3 heterocycles. The van der Waals surface area contributed by atoms with Crippen LogP contribution in [0.5, 0.6) is 11.5 Å². The summed E-state index contributed by atoms with van der Waals surface area (Å²) in [5.41, 5.74) is 2.00. The zero-order valence-electron chi connectivity index (χ0n) is 20.9. The number of hydrogen-bond donors (Lipinski definition) is 2. The number of nitrogens with one attached hydrogen (secondary N) is 2. The number of benzene rings is 2. The first-order valence-corrected chi connectivity index (χ1v) is 13.0. The predicted octanol–water partition coefficient (Wildman–Crippen LogP) is 2.74. The Balaban J connectivity index is 1.57. The van der Waals surface area contributed by atoms with E-state index in [9.17, 15) is 13.2 Å². The third kappa shape index (κ3) is 4.92. The summed E-state index contributed by atoms with van der Waals surface area (Å²) in [4.78, 5) is 16.3. The zero-order valence-corrected chi connectivity index (χ0v) is 21.7. The Morgan fingerprint density at radius 3 is 2.50 bits per heavy atom. The molecule has 2 aromatic heterocycles. The lowest BCUT2D eigenvalue weighted by atomic mass is 10.1. The number of amides is 1. The van der Waals surface area contributed by atoms with E-state index in [2.05, 4.69) is 15.4 Å². The fourth-order valence-corrected chi connectivity index (χ4v) is 5.47. The number of rotatable bonds is 8. The fourth-order valence-electron chi connectivity index (χ4n) is 4.30. The van der Waals surface area contributed by atoms with E-state index in [1.54, 1.807) is 37.2 Å². The third-order valence-corrected chi connectivity index (χ3v) is 7.43. The number of ether oxygens (including phenoxy) is 2. The Morgan fingerprint density at radius 1 is 1.11 bits per heavy atom. The van der Waals surface area contributed by atoms with Crippen molar-refractivity contribution in [2.24, 2.45) is 0 Å². The number of pyridine rings is 1. The average Bonchev–Trinajstić information content (AvgIpc) is 3.41. The largest absolute Gasteiger partial charge is 0.497 e. The van der Waals surface area contributed by atoms with Crippen molar-refractivity contribution in [2.75, 3.05) is 30.4 Å². The Hall–Kier alpha value is -4.39. The molecule has 1 aliphatic rings. The number of anilines is 2. The van der Waals surface area contributed by atoms with Crippen molar-refractivity contribution in [3.8, 4) is 11.5 Å². The van der Waals surface area contributed by atoms with Crippen LogP contribution in [0, 0.1) is 12.7 Å². The number of halogens is 1. The normalized spacial score (nSPS) is 14.5. The molecule has 0 bridgehead atoms. The summed E-state index contributed by atoms with van der Waals surface area (Å²) in [5, 5.41) is 8.24. The van der Waals surface area contributed by atoms with Crippen LogP contribution in [-0.4, -0.2) is 49.9 Å². The molecule has 1 saturated heterocycles. The minimum absolute atomic E-state index is 0.116. The van der Waals surface area contributed by atoms with Crippen LogP contribution in [0.1, 0.15) is 16.8 Å². The quantitative estimate of drug-likeness (QED) is 0.349. The Morgan fingerprint density at radius 2 is 1.84 bits per heavy atom. The van der Waals surface area contributed by atoms with Crippen molar-refractivity contribution in [1.29, 1.82) is 0 Å². The second-order valence-electron chi connectivity index (χ2n) is 8.73. The maximum atomic E-state index is 15.6. The first-order valence-electron chi connectivity index (χ1n) is 11.6. The van der Waals surface area contributed by atoms with Gasteiger partial charge in [0, 0.05) is 36.0 Å². The molecule has 0 saturated carbocycles. The van der Waals surface area contributed by atoms with E-state index < -0.39 is 28.5 Å². The van der Waals surface area contributed by atoms with Crippen LogP contribution >= 0.6 is 0 Å². The summed E-state index contributed by atoms with van der Waals surface area (Å²) in [7, 11) is -1.12. The van der Waals surface area contributed by atoms with Gasteiger partial charge in [-0.1, -0.05) is 12.1 Å². The SMILES string of the molecule is COc1ccc(Cn2cc3c(CNc4cc(OC)cc(C)n4)cc(F)c(N4CC(=O)NS4(=O)=O)c3n2)cc1. The van der Waals surface area contributed by atoms with Crippen molar-refractivity contribution in [1.82, 2.24) is 19.5 Å². The van der Waals surface area contributed by atoms with Crippen LogP contribution in [0.2, 0.25) is 0 Å². The molecule has 0 spiro atoms. The molecule has 0 atom stereocenters. The zero-order chi connectivity index (χ0) is 27.0. The number of carbonyl (C=O) groups is 1. The predicted molar refractivity (Wildman–Crippen MR) is 139 cm³/mol. The van der Waals surface area contributed by atoms with Crippen molar-refractivity contribution in [2.45, 2.75) is 20.0 Å². The van der Waals surface area contributed by atoms with Gasteiger partial charge in [-0.2, -0.15) is 13.5 Å². The molecular weight excluding hydrogens is 515 g/mol. The van der Waals surface area contributed by atoms with Crippen LogP contribution in [0.3, 0.4) is 0 Å². The highest BCUT2D eigenvalue weighted by atomic mass is 32.2. The number of fused-ring (bicyclic) bond motifs is 1. The minimum Gasteiger partial charge on any atom is -0.497 e. The van der Waals surface area contributed by atoms with Crippen molar-refractivity contribution in [3.05, 3.63) is 71.3 Å². The summed E-state index contributed by atoms with van der Waals surface area (Å²) < 4.78 is 55.4. The summed E-state index contributed by atoms with van der Waals surface area (Å²) in [6, 6.07) is 12.1. The summed E-state index contributed by atoms with van der Waals surface area (Å²) in [6.07, 6.45) is 1.72. The van der Waals surface area contributed by atoms with E-state index in [4.69, 9.17) is 9.47 Å². The van der Waals surface area contributed by atoms with Gasteiger partial charge in [0.25, 0.3) is 5.91 Å². The summed E-state index contributed by atoms with van der Waals surface area (Å²) in [5.74, 6) is 0.284. The molecule has 38 heavy (non-hydrogen) atoms. The van der Waals surface area contributed by atoms with Crippen LogP contribution < -0.4 is 23.8 Å². The van der Waals surface area contributed by atoms with Crippen molar-refractivity contribution in [3.63, 3.8) is 0 Å². The van der Waals surface area contributed by atoms with Gasteiger partial charge in [0.2, 0.25) is 0 Å². The number of carbonyl (C=O) groups excluding carboxylic acids is 1. The average molecular weight is 541 g/mol. The van der Waals surface area contributed by atoms with Crippen molar-refractivity contribution >= 4 is 38.5 Å². The van der Waals surface area contributed by atoms with Gasteiger partial charge in [0.05, 0.1) is 20.8 Å². The minimum atomic E-state index is -4.25. The van der Waals surface area contributed by atoms with Gasteiger partial charge in [0.1, 0.15) is 40.9 Å². The molecule has 1 aliphatic heterocycles. The van der Waals surface area contributed by atoms with E-state index in [1.807, 2.05) is 35.9 Å². The van der Waals surface area contributed by atoms with Gasteiger partial charge in [-0.25, -0.2) is 18.4 Å². The van der Waals surface area contributed by atoms with Gasteiger partial charge < -0.3 is 14.8 Å². The summed E-state index contributed by atoms with van der Waals surface area (Å²) >= 11 is 0. The van der Waals surface area contributed by atoms with Crippen LogP contribution in [0.25, 0.3) is 10.9 Å². The number of aromatic nitrogens is 3. The molecule has 0 aliphatic carbocycles. The molecular formula is C25H25FN6O5S. The third-order valence-electron chi connectivity index (χ3n) is 6.05. The van der Waals surface area contributed by atoms with E-state index in [1.165, 1.54) is 6.07 Å². The standard InChI is InChI=1S/C25H25FN6O5S/c1-15-8-19(37-3)10-22(28-15)27-11-17-9-21(26)25(32-14-23(33)30-38(32,34)35)24-20(17)13-31(29-24)12-16-4-6-18(36-2)7-5-16/h4-10,13H,11-12,14H2,1-3H3,(H,27,28)(H,30,33). The maximum Gasteiger partial charge on any atom is 0.326 e. The smallest absolute Gasteiger partial charge is 0.326 e. The van der Waals surface area contributed by atoms with Gasteiger partial charge in [-0.05, 0) is 36.2 Å². The van der Waals surface area contributed by atoms with Gasteiger partial charge in [-0.3, -0.25) is 9.48 Å². The molecule has 1 fully saturated rings. The summed E-state index contributed by atoms with van der Waals surface area (Å²) in [6.45, 7) is 1.80. The Bertz CT molecular complexity index is 1640.